The van der Waals surface area contributed by atoms with E-state index in [0.717, 1.165) is 12.1 Å². The van der Waals surface area contributed by atoms with Crippen molar-refractivity contribution in [3.05, 3.63) is 27.8 Å². The number of ether oxygens (including phenoxy) is 2. The number of carbonyl (C=O) groups excluding carboxylic acids is 1. The Hall–Kier alpha value is -1.94. The van der Waals surface area contributed by atoms with Crippen molar-refractivity contribution in [2.24, 2.45) is 0 Å². The molecule has 2 aliphatic heterocycles. The highest BCUT2D eigenvalue weighted by molar-refractivity contribution is 5.99. The van der Waals surface area contributed by atoms with Crippen LogP contribution >= 0.6 is 12.4 Å². The lowest BCUT2D eigenvalue weighted by atomic mass is 10.0. The van der Waals surface area contributed by atoms with Gasteiger partial charge in [0.2, 0.25) is 5.75 Å². The second-order valence-electron chi connectivity index (χ2n) is 5.93. The third kappa shape index (κ3) is 4.01. The predicted octanol–water partition coefficient (Wildman–Crippen LogP) is 1.45. The molecule has 138 valence electrons. The van der Waals surface area contributed by atoms with Gasteiger partial charge in [-0.3, -0.25) is 19.8 Å². The average Bonchev–Trinajstić information content (AvgIpc) is 3.00. The van der Waals surface area contributed by atoms with Gasteiger partial charge in [0, 0.05) is 37.6 Å². The van der Waals surface area contributed by atoms with E-state index in [-0.39, 0.29) is 30.3 Å². The van der Waals surface area contributed by atoms with E-state index in [2.05, 4.69) is 0 Å². The summed E-state index contributed by atoms with van der Waals surface area (Å²) in [5, 5.41) is 29.9. The van der Waals surface area contributed by atoms with Crippen LogP contribution in [0.15, 0.2) is 12.1 Å². The highest BCUT2D eigenvalue weighted by Crippen LogP contribution is 2.36. The number of likely N-dealkylation sites (tertiary alicyclic amines) is 1. The Bertz CT molecular complexity index is 666. The van der Waals surface area contributed by atoms with Crippen LogP contribution in [0.1, 0.15) is 23.2 Å². The first kappa shape index (κ1) is 19.4. The van der Waals surface area contributed by atoms with Gasteiger partial charge in [-0.15, -0.1) is 12.4 Å². The molecule has 2 saturated heterocycles. The fourth-order valence-electron chi connectivity index (χ4n) is 3.04. The van der Waals surface area contributed by atoms with Crippen molar-refractivity contribution in [2.45, 2.75) is 18.6 Å². The minimum absolute atomic E-state index is 0. The average molecular weight is 375 g/mol. The number of carbonyl (C=O) groups is 1. The van der Waals surface area contributed by atoms with Crippen molar-refractivity contribution in [1.82, 2.24) is 4.90 Å². The molecule has 2 aliphatic rings. The lowest BCUT2D eigenvalue weighted by molar-refractivity contribution is -0.386. The Balaban J connectivity index is 0.00000225. The number of benzene rings is 1. The quantitative estimate of drug-likeness (QED) is 0.351. The monoisotopic (exact) mass is 374 g/mol. The van der Waals surface area contributed by atoms with Gasteiger partial charge in [0.15, 0.2) is 17.3 Å². The van der Waals surface area contributed by atoms with Crippen LogP contribution in [0.2, 0.25) is 0 Å². The summed E-state index contributed by atoms with van der Waals surface area (Å²) in [4.78, 5) is 24.3. The van der Waals surface area contributed by atoms with Gasteiger partial charge in [0.05, 0.1) is 24.7 Å². The number of aromatic hydroxyl groups is 2. The summed E-state index contributed by atoms with van der Waals surface area (Å²) in [6.45, 7) is 2.44. The number of ketones is 1. The van der Waals surface area contributed by atoms with Crippen molar-refractivity contribution in [2.75, 3.05) is 32.8 Å². The predicted molar refractivity (Wildman–Crippen MR) is 88.3 cm³/mol. The van der Waals surface area contributed by atoms with E-state index in [1.807, 2.05) is 4.90 Å². The molecule has 2 heterocycles. The van der Waals surface area contributed by atoms with Crippen LogP contribution in [0.3, 0.4) is 0 Å². The molecular weight excluding hydrogens is 356 g/mol. The van der Waals surface area contributed by atoms with Crippen LogP contribution in [-0.2, 0) is 9.47 Å². The number of nitrogens with zero attached hydrogens (tertiary/aromatic N) is 2. The van der Waals surface area contributed by atoms with Crippen LogP contribution in [0.5, 0.6) is 11.5 Å². The molecule has 0 bridgehead atoms. The Morgan fingerprint density at radius 1 is 1.24 bits per heavy atom. The molecule has 0 unspecified atom stereocenters. The minimum atomic E-state index is -0.842. The van der Waals surface area contributed by atoms with Crippen molar-refractivity contribution >= 4 is 23.9 Å². The molecule has 0 amide bonds. The van der Waals surface area contributed by atoms with E-state index in [1.165, 1.54) is 0 Å². The summed E-state index contributed by atoms with van der Waals surface area (Å²) in [6.07, 6.45) is 1.31. The number of piperidine rings is 1. The van der Waals surface area contributed by atoms with Crippen molar-refractivity contribution in [3.63, 3.8) is 0 Å². The normalized spacial score (nSPS) is 19.5. The summed E-state index contributed by atoms with van der Waals surface area (Å²) in [6, 6.07) is 2.02. The standard InChI is InChI=1S/C15H18N2O7.ClH/c18-12-8-10(7-11(14(12)20)17(21)22)13(19)9-16-3-1-15(2-4-16)23-5-6-24-15;/h7-8,18,20H,1-6,9H2;1H. The SMILES string of the molecule is Cl.O=C(CN1CCC2(CC1)OCCO2)c1cc(O)c(O)c([N+](=O)[O-])c1. The molecule has 1 aromatic carbocycles. The second-order valence-corrected chi connectivity index (χ2v) is 5.93. The van der Waals surface area contributed by atoms with Crippen molar-refractivity contribution in [1.29, 1.82) is 0 Å². The second kappa shape index (κ2) is 7.52. The lowest BCUT2D eigenvalue weighted by Gasteiger charge is -2.37. The van der Waals surface area contributed by atoms with E-state index < -0.39 is 27.9 Å². The van der Waals surface area contributed by atoms with Gasteiger partial charge >= 0.3 is 5.69 Å². The van der Waals surface area contributed by atoms with Crippen LogP contribution in [-0.4, -0.2) is 64.5 Å². The van der Waals surface area contributed by atoms with Gasteiger partial charge in [-0.1, -0.05) is 0 Å². The summed E-state index contributed by atoms with van der Waals surface area (Å²) < 4.78 is 11.2. The first-order valence-corrected chi connectivity index (χ1v) is 7.64. The topological polar surface area (TPSA) is 122 Å². The summed E-state index contributed by atoms with van der Waals surface area (Å²) in [7, 11) is 0. The zero-order valence-electron chi connectivity index (χ0n) is 13.3. The van der Waals surface area contributed by atoms with E-state index >= 15 is 0 Å². The third-order valence-electron chi connectivity index (χ3n) is 4.39. The molecule has 0 atom stereocenters. The molecule has 25 heavy (non-hydrogen) atoms. The molecule has 1 spiro atoms. The Morgan fingerprint density at radius 2 is 1.84 bits per heavy atom. The number of nitro benzene ring substituents is 1. The van der Waals surface area contributed by atoms with Gasteiger partial charge in [0.25, 0.3) is 0 Å². The van der Waals surface area contributed by atoms with Gasteiger partial charge < -0.3 is 19.7 Å². The molecule has 0 aromatic heterocycles. The number of hydrogen-bond donors (Lipinski definition) is 2. The molecule has 10 heteroatoms. The van der Waals surface area contributed by atoms with Crippen LogP contribution in [0.25, 0.3) is 0 Å². The molecular formula is C15H19ClN2O7. The Labute approximate surface area is 149 Å². The van der Waals surface area contributed by atoms with Crippen molar-refractivity contribution in [3.8, 4) is 11.5 Å². The zero-order valence-corrected chi connectivity index (χ0v) is 14.2. The maximum Gasteiger partial charge on any atom is 0.315 e. The zero-order chi connectivity index (χ0) is 17.3. The van der Waals surface area contributed by atoms with Crippen molar-refractivity contribution < 1.29 is 29.4 Å². The molecule has 1 aromatic rings. The summed E-state index contributed by atoms with van der Waals surface area (Å²) in [5.41, 5.74) is -0.700. The number of halogens is 1. The highest BCUT2D eigenvalue weighted by atomic mass is 35.5. The van der Waals surface area contributed by atoms with E-state index in [4.69, 9.17) is 9.47 Å². The molecule has 0 saturated carbocycles. The number of rotatable bonds is 4. The lowest BCUT2D eigenvalue weighted by Crippen LogP contribution is -2.46. The fraction of sp³-hybridized carbons (Fsp3) is 0.533. The van der Waals surface area contributed by atoms with Gasteiger partial charge in [0.1, 0.15) is 0 Å². The van der Waals surface area contributed by atoms with E-state index in [9.17, 15) is 25.1 Å². The number of hydrogen-bond acceptors (Lipinski definition) is 8. The van der Waals surface area contributed by atoms with Crippen LogP contribution in [0.4, 0.5) is 5.69 Å². The molecule has 3 rings (SSSR count). The number of nitro groups is 1. The Kier molecular flexibility index (Phi) is 5.83. The largest absolute Gasteiger partial charge is 0.504 e. The minimum Gasteiger partial charge on any atom is -0.504 e. The maximum atomic E-state index is 12.3. The fourth-order valence-corrected chi connectivity index (χ4v) is 3.04. The van der Waals surface area contributed by atoms with E-state index in [0.29, 0.717) is 39.1 Å². The number of phenols is 2. The third-order valence-corrected chi connectivity index (χ3v) is 4.39. The van der Waals surface area contributed by atoms with Crippen LogP contribution < -0.4 is 0 Å². The Morgan fingerprint density at radius 3 is 2.40 bits per heavy atom. The molecule has 0 aliphatic carbocycles. The first-order chi connectivity index (χ1) is 11.4. The number of phenolic OH excluding ortho intramolecular Hbond substituents is 2. The first-order valence-electron chi connectivity index (χ1n) is 7.64. The van der Waals surface area contributed by atoms with Gasteiger partial charge in [-0.25, -0.2) is 0 Å². The molecule has 2 N–H and O–H groups in total. The highest BCUT2D eigenvalue weighted by Gasteiger charge is 2.40. The van der Waals surface area contributed by atoms with Crippen LogP contribution in [0, 0.1) is 10.1 Å². The summed E-state index contributed by atoms with van der Waals surface area (Å²) >= 11 is 0. The molecule has 9 nitrogen and oxygen atoms in total. The maximum absolute atomic E-state index is 12.3. The number of Topliss-reactive ketones (excluding diaryl/α,β-unsaturated/α-hetero) is 1. The molecule has 2 fully saturated rings. The van der Waals surface area contributed by atoms with Gasteiger partial charge in [-0.05, 0) is 6.07 Å². The smallest absolute Gasteiger partial charge is 0.315 e. The van der Waals surface area contributed by atoms with Gasteiger partial charge in [-0.2, -0.15) is 0 Å². The summed E-state index contributed by atoms with van der Waals surface area (Å²) in [5.74, 6) is -2.42. The molecule has 0 radical (unpaired) electrons. The van der Waals surface area contributed by atoms with E-state index in [1.54, 1.807) is 0 Å².